The number of hydrogen-bond donors (Lipinski definition) is 0. The van der Waals surface area contributed by atoms with Gasteiger partial charge in [-0.15, -0.1) is 11.3 Å². The van der Waals surface area contributed by atoms with E-state index in [1.165, 1.54) is 11.3 Å². The quantitative estimate of drug-likeness (QED) is 0.559. The Bertz CT molecular complexity index is 1000. The van der Waals surface area contributed by atoms with Crippen molar-refractivity contribution in [2.45, 2.75) is 20.1 Å². The Morgan fingerprint density at radius 2 is 2.00 bits per heavy atom. The Hall–Kier alpha value is -2.41. The number of nitrogens with zero attached hydrogens (tertiary/aromatic N) is 3. The first-order chi connectivity index (χ1) is 14.6. The summed E-state index contributed by atoms with van der Waals surface area (Å²) in [6.07, 6.45) is 1.82. The standard InChI is InChI=1S/C23H24ClN3O2S/c1-17-12-20(5-6-21(17)24)29-15-18-13-22(30-16-18)23(28)27-10-8-26(9-11-27)14-19-4-2-3-7-25-19/h2-7,12-13,16H,8-11,14-15H2,1H3. The minimum absolute atomic E-state index is 0.103. The van der Waals surface area contributed by atoms with Gasteiger partial charge in [0.1, 0.15) is 12.4 Å². The van der Waals surface area contributed by atoms with Gasteiger partial charge < -0.3 is 9.64 Å². The molecule has 0 radical (unpaired) electrons. The summed E-state index contributed by atoms with van der Waals surface area (Å²) in [5, 5.41) is 2.72. The number of thiophene rings is 1. The van der Waals surface area contributed by atoms with Crippen molar-refractivity contribution < 1.29 is 9.53 Å². The van der Waals surface area contributed by atoms with Crippen molar-refractivity contribution in [2.24, 2.45) is 0 Å². The van der Waals surface area contributed by atoms with Crippen molar-refractivity contribution in [3.8, 4) is 5.75 Å². The normalized spacial score (nSPS) is 14.7. The second kappa shape index (κ2) is 9.60. The Morgan fingerprint density at radius 1 is 1.17 bits per heavy atom. The third kappa shape index (κ3) is 5.19. The summed E-state index contributed by atoms with van der Waals surface area (Å²) in [5.74, 6) is 0.881. The van der Waals surface area contributed by atoms with Crippen LogP contribution in [0.25, 0.3) is 0 Å². The van der Waals surface area contributed by atoms with Gasteiger partial charge in [-0.05, 0) is 54.3 Å². The Kier molecular flexibility index (Phi) is 6.67. The van der Waals surface area contributed by atoms with Gasteiger partial charge in [-0.3, -0.25) is 14.7 Å². The molecule has 7 heteroatoms. The lowest BCUT2D eigenvalue weighted by atomic mass is 10.2. The van der Waals surface area contributed by atoms with Gasteiger partial charge in [0.15, 0.2) is 0 Å². The molecular formula is C23H24ClN3O2S. The fourth-order valence-electron chi connectivity index (χ4n) is 3.42. The highest BCUT2D eigenvalue weighted by molar-refractivity contribution is 7.12. The number of hydrogen-bond acceptors (Lipinski definition) is 5. The molecule has 0 bridgehead atoms. The molecule has 1 amide bonds. The Morgan fingerprint density at radius 3 is 2.73 bits per heavy atom. The summed E-state index contributed by atoms with van der Waals surface area (Å²) >= 11 is 7.54. The third-order valence-electron chi connectivity index (χ3n) is 5.17. The van der Waals surface area contributed by atoms with E-state index in [2.05, 4.69) is 9.88 Å². The molecule has 3 aromatic rings. The number of piperazine rings is 1. The van der Waals surface area contributed by atoms with Crippen LogP contribution in [-0.2, 0) is 13.2 Å². The maximum atomic E-state index is 12.9. The van der Waals surface area contributed by atoms with E-state index in [4.69, 9.17) is 16.3 Å². The molecule has 3 heterocycles. The van der Waals surface area contributed by atoms with E-state index in [1.54, 1.807) is 0 Å². The summed E-state index contributed by atoms with van der Waals surface area (Å²) in [6.45, 7) is 6.40. The molecule has 0 atom stereocenters. The number of carbonyl (C=O) groups excluding carboxylic acids is 1. The summed E-state index contributed by atoms with van der Waals surface area (Å²) < 4.78 is 5.85. The fraction of sp³-hybridized carbons (Fsp3) is 0.304. The van der Waals surface area contributed by atoms with Crippen molar-refractivity contribution in [1.82, 2.24) is 14.8 Å². The minimum Gasteiger partial charge on any atom is -0.489 e. The smallest absolute Gasteiger partial charge is 0.264 e. The molecule has 0 unspecified atom stereocenters. The van der Waals surface area contributed by atoms with E-state index in [0.29, 0.717) is 6.61 Å². The topological polar surface area (TPSA) is 45.7 Å². The molecule has 0 saturated carbocycles. The molecular weight excluding hydrogens is 418 g/mol. The molecule has 2 aromatic heterocycles. The Labute approximate surface area is 185 Å². The molecule has 1 aromatic carbocycles. The molecule has 1 aliphatic rings. The van der Waals surface area contributed by atoms with Crippen molar-refractivity contribution in [1.29, 1.82) is 0 Å². The molecule has 0 aliphatic carbocycles. The van der Waals surface area contributed by atoms with Crippen LogP contribution < -0.4 is 4.74 Å². The highest BCUT2D eigenvalue weighted by Crippen LogP contribution is 2.23. The SMILES string of the molecule is Cc1cc(OCc2csc(C(=O)N3CCN(Cc4ccccn4)CC3)c2)ccc1Cl. The number of rotatable bonds is 6. The molecule has 0 spiro atoms. The highest BCUT2D eigenvalue weighted by atomic mass is 35.5. The largest absolute Gasteiger partial charge is 0.489 e. The van der Waals surface area contributed by atoms with Crippen LogP contribution in [0, 0.1) is 6.92 Å². The van der Waals surface area contributed by atoms with E-state index < -0.39 is 0 Å². The molecule has 0 N–H and O–H groups in total. The van der Waals surface area contributed by atoms with Crippen LogP contribution in [0.2, 0.25) is 5.02 Å². The third-order valence-corrected chi connectivity index (χ3v) is 6.56. The summed E-state index contributed by atoms with van der Waals surface area (Å²) in [5.41, 5.74) is 3.05. The maximum Gasteiger partial charge on any atom is 0.264 e. The predicted octanol–water partition coefficient (Wildman–Crippen LogP) is 4.64. The number of aromatic nitrogens is 1. The van der Waals surface area contributed by atoms with Gasteiger partial charge >= 0.3 is 0 Å². The summed E-state index contributed by atoms with van der Waals surface area (Å²) in [7, 11) is 0. The predicted molar refractivity (Wildman–Crippen MR) is 120 cm³/mol. The number of ether oxygens (including phenoxy) is 1. The molecule has 1 aliphatic heterocycles. The molecule has 5 nitrogen and oxygen atoms in total. The second-order valence-electron chi connectivity index (χ2n) is 7.41. The van der Waals surface area contributed by atoms with Crippen molar-refractivity contribution >= 4 is 28.8 Å². The zero-order chi connectivity index (χ0) is 20.9. The second-order valence-corrected chi connectivity index (χ2v) is 8.73. The van der Waals surface area contributed by atoms with Gasteiger partial charge in [0, 0.05) is 49.5 Å². The van der Waals surface area contributed by atoms with E-state index in [-0.39, 0.29) is 5.91 Å². The van der Waals surface area contributed by atoms with E-state index in [0.717, 1.165) is 65.2 Å². The van der Waals surface area contributed by atoms with Crippen LogP contribution in [0.15, 0.2) is 54.0 Å². The lowest BCUT2D eigenvalue weighted by molar-refractivity contribution is 0.0631. The molecule has 4 rings (SSSR count). The van der Waals surface area contributed by atoms with Crippen LogP contribution in [0.5, 0.6) is 5.75 Å². The van der Waals surface area contributed by atoms with E-state index in [9.17, 15) is 4.79 Å². The lowest BCUT2D eigenvalue weighted by Crippen LogP contribution is -2.48. The van der Waals surface area contributed by atoms with E-state index in [1.807, 2.05) is 65.9 Å². The fourth-order valence-corrected chi connectivity index (χ4v) is 4.40. The van der Waals surface area contributed by atoms with Gasteiger partial charge in [0.05, 0.1) is 10.6 Å². The summed E-state index contributed by atoms with van der Waals surface area (Å²) in [4.78, 5) is 22.3. The zero-order valence-corrected chi connectivity index (χ0v) is 18.5. The van der Waals surface area contributed by atoms with Gasteiger partial charge in [-0.1, -0.05) is 17.7 Å². The molecule has 1 saturated heterocycles. The van der Waals surface area contributed by atoms with Gasteiger partial charge in [0.25, 0.3) is 5.91 Å². The van der Waals surface area contributed by atoms with Crippen molar-refractivity contribution in [2.75, 3.05) is 26.2 Å². The number of aryl methyl sites for hydroxylation is 1. The monoisotopic (exact) mass is 441 g/mol. The van der Waals surface area contributed by atoms with Crippen molar-refractivity contribution in [3.63, 3.8) is 0 Å². The van der Waals surface area contributed by atoms with Gasteiger partial charge in [-0.25, -0.2) is 0 Å². The highest BCUT2D eigenvalue weighted by Gasteiger charge is 2.23. The van der Waals surface area contributed by atoms with E-state index >= 15 is 0 Å². The van der Waals surface area contributed by atoms with Crippen LogP contribution in [0.1, 0.15) is 26.5 Å². The first-order valence-corrected chi connectivity index (χ1v) is 11.2. The molecule has 1 fully saturated rings. The first kappa shape index (κ1) is 20.8. The Balaban J connectivity index is 1.28. The number of pyridine rings is 1. The minimum atomic E-state index is 0.103. The number of carbonyl (C=O) groups is 1. The number of amides is 1. The average molecular weight is 442 g/mol. The van der Waals surface area contributed by atoms with Crippen LogP contribution in [0.4, 0.5) is 0 Å². The van der Waals surface area contributed by atoms with Gasteiger partial charge in [0.2, 0.25) is 0 Å². The molecule has 30 heavy (non-hydrogen) atoms. The van der Waals surface area contributed by atoms with Crippen molar-refractivity contribution in [3.05, 3.63) is 80.8 Å². The van der Waals surface area contributed by atoms with Crippen LogP contribution in [-0.4, -0.2) is 46.9 Å². The van der Waals surface area contributed by atoms with Crippen LogP contribution in [0.3, 0.4) is 0 Å². The van der Waals surface area contributed by atoms with Crippen LogP contribution >= 0.6 is 22.9 Å². The first-order valence-electron chi connectivity index (χ1n) is 9.96. The summed E-state index contributed by atoms with van der Waals surface area (Å²) in [6, 6.07) is 13.5. The lowest BCUT2D eigenvalue weighted by Gasteiger charge is -2.34. The molecule has 156 valence electrons. The number of halogens is 1. The zero-order valence-electron chi connectivity index (χ0n) is 16.9. The maximum absolute atomic E-state index is 12.9. The van der Waals surface area contributed by atoms with Gasteiger partial charge in [-0.2, -0.15) is 0 Å². The number of benzene rings is 1. The average Bonchev–Trinajstić information content (AvgIpc) is 3.24.